The maximum atomic E-state index is 12.6. The van der Waals surface area contributed by atoms with Crippen LogP contribution < -0.4 is 0 Å². The van der Waals surface area contributed by atoms with Crippen molar-refractivity contribution >= 4 is 11.5 Å². The summed E-state index contributed by atoms with van der Waals surface area (Å²) in [6, 6.07) is 8.19. The van der Waals surface area contributed by atoms with Gasteiger partial charge in [0.25, 0.3) is 0 Å². The van der Waals surface area contributed by atoms with Gasteiger partial charge < -0.3 is 10.0 Å². The Balaban J connectivity index is 1.52. The Labute approximate surface area is 160 Å². The zero-order valence-corrected chi connectivity index (χ0v) is 15.7. The lowest BCUT2D eigenvalue weighted by Gasteiger charge is -2.49. The van der Waals surface area contributed by atoms with Crippen molar-refractivity contribution in [2.24, 2.45) is 11.3 Å². The Kier molecular flexibility index (Phi) is 3.91. The number of ketones is 1. The molecule has 0 aromatic heterocycles. The van der Waals surface area contributed by atoms with Crippen LogP contribution in [0.4, 0.5) is 0 Å². The van der Waals surface area contributed by atoms with E-state index in [9.17, 15) is 15.2 Å². The fourth-order valence-corrected chi connectivity index (χ4v) is 5.19. The van der Waals surface area contributed by atoms with E-state index in [1.165, 1.54) is 19.3 Å². The Morgan fingerprint density at radius 1 is 1.19 bits per heavy atom. The number of aliphatic hydroxyl groups excluding tert-OH is 1. The van der Waals surface area contributed by atoms with Gasteiger partial charge in [-0.3, -0.25) is 4.79 Å². The highest BCUT2D eigenvalue weighted by molar-refractivity contribution is 6.09. The number of aliphatic hydroxyl groups is 1. The predicted molar refractivity (Wildman–Crippen MR) is 102 cm³/mol. The van der Waals surface area contributed by atoms with Gasteiger partial charge in [-0.05, 0) is 67.1 Å². The van der Waals surface area contributed by atoms with Crippen molar-refractivity contribution in [2.75, 3.05) is 13.1 Å². The normalized spacial score (nSPS) is 25.0. The molecule has 1 N–H and O–H groups in total. The van der Waals surface area contributed by atoms with Gasteiger partial charge in [0.15, 0.2) is 5.78 Å². The SMILES string of the molecule is N#CC1=C(N2CCC3(CCC3)CC2)c2cc(C(O)C3CC3)ccc2CC1=O. The maximum Gasteiger partial charge on any atom is 0.179 e. The number of nitrogens with zero attached hydrogens (tertiary/aromatic N) is 2. The second-order valence-electron chi connectivity index (χ2n) is 8.97. The third kappa shape index (κ3) is 2.80. The standard InChI is InChI=1S/C23H26N2O2/c24-14-19-20(26)13-16-4-5-17(22(27)15-2-3-15)12-18(16)21(19)25-10-8-23(9-11-25)6-1-7-23/h4-5,12,15,22,27H,1-3,6-11,13H2. The smallest absolute Gasteiger partial charge is 0.179 e. The van der Waals surface area contributed by atoms with E-state index < -0.39 is 6.10 Å². The zero-order chi connectivity index (χ0) is 18.6. The Bertz CT molecular complexity index is 861. The van der Waals surface area contributed by atoms with E-state index in [1.54, 1.807) is 0 Å². The fourth-order valence-electron chi connectivity index (χ4n) is 5.19. The fraction of sp³-hybridized carbons (Fsp3) is 0.565. The first-order valence-corrected chi connectivity index (χ1v) is 10.3. The quantitative estimate of drug-likeness (QED) is 0.889. The van der Waals surface area contributed by atoms with E-state index in [0.717, 1.165) is 61.2 Å². The zero-order valence-electron chi connectivity index (χ0n) is 15.7. The Morgan fingerprint density at radius 3 is 2.52 bits per heavy atom. The summed E-state index contributed by atoms with van der Waals surface area (Å²) in [4.78, 5) is 14.9. The minimum atomic E-state index is -0.431. The van der Waals surface area contributed by atoms with Gasteiger partial charge in [-0.2, -0.15) is 5.26 Å². The van der Waals surface area contributed by atoms with E-state index >= 15 is 0 Å². The third-order valence-electron chi connectivity index (χ3n) is 7.33. The average molecular weight is 362 g/mol. The Morgan fingerprint density at radius 2 is 1.93 bits per heavy atom. The molecule has 27 heavy (non-hydrogen) atoms. The second-order valence-corrected chi connectivity index (χ2v) is 8.97. The third-order valence-corrected chi connectivity index (χ3v) is 7.33. The van der Waals surface area contributed by atoms with Crippen LogP contribution in [0, 0.1) is 22.7 Å². The molecular weight excluding hydrogens is 336 g/mol. The number of allylic oxidation sites excluding steroid dienone is 1. The molecule has 4 aliphatic rings. The van der Waals surface area contributed by atoms with Crippen molar-refractivity contribution in [3.8, 4) is 6.07 Å². The minimum absolute atomic E-state index is 0.0700. The van der Waals surface area contributed by atoms with E-state index in [0.29, 0.717) is 23.3 Å². The molecule has 140 valence electrons. The highest BCUT2D eigenvalue weighted by atomic mass is 16.3. The molecule has 1 saturated heterocycles. The predicted octanol–water partition coefficient (Wildman–Crippen LogP) is 3.76. The Hall–Kier alpha value is -2.12. The molecule has 1 aromatic carbocycles. The van der Waals surface area contributed by atoms with Gasteiger partial charge >= 0.3 is 0 Å². The number of nitriles is 1. The molecule has 1 unspecified atom stereocenters. The summed E-state index contributed by atoms with van der Waals surface area (Å²) in [5, 5.41) is 20.3. The number of hydrogen-bond acceptors (Lipinski definition) is 4. The van der Waals surface area contributed by atoms with Crippen molar-refractivity contribution in [2.45, 2.75) is 57.5 Å². The van der Waals surface area contributed by atoms with Crippen molar-refractivity contribution in [1.29, 1.82) is 5.26 Å². The highest BCUT2D eigenvalue weighted by Crippen LogP contribution is 2.50. The van der Waals surface area contributed by atoms with Crippen molar-refractivity contribution in [1.82, 2.24) is 4.90 Å². The van der Waals surface area contributed by atoms with Gasteiger partial charge in [0.05, 0.1) is 11.8 Å². The van der Waals surface area contributed by atoms with Crippen LogP contribution in [0.25, 0.3) is 5.70 Å². The van der Waals surface area contributed by atoms with Crippen LogP contribution in [-0.2, 0) is 11.2 Å². The number of hydrogen-bond donors (Lipinski definition) is 1. The summed E-state index contributed by atoms with van der Waals surface area (Å²) in [6.07, 6.45) is 8.34. The lowest BCUT2D eigenvalue weighted by atomic mass is 9.63. The molecule has 1 spiro atoms. The van der Waals surface area contributed by atoms with E-state index in [-0.39, 0.29) is 5.78 Å². The van der Waals surface area contributed by atoms with Gasteiger partial charge in [-0.25, -0.2) is 0 Å². The van der Waals surface area contributed by atoms with E-state index in [4.69, 9.17) is 0 Å². The van der Waals surface area contributed by atoms with Gasteiger partial charge in [0, 0.05) is 25.1 Å². The first-order chi connectivity index (χ1) is 13.1. The summed E-state index contributed by atoms with van der Waals surface area (Å²) in [7, 11) is 0. The second kappa shape index (κ2) is 6.21. The maximum absolute atomic E-state index is 12.6. The molecule has 1 atom stereocenters. The molecule has 4 nitrogen and oxygen atoms in total. The number of carbonyl (C=O) groups is 1. The summed E-state index contributed by atoms with van der Waals surface area (Å²) < 4.78 is 0. The lowest BCUT2D eigenvalue weighted by Crippen LogP contribution is -2.43. The van der Waals surface area contributed by atoms with Crippen molar-refractivity contribution in [3.63, 3.8) is 0 Å². The van der Waals surface area contributed by atoms with E-state index in [2.05, 4.69) is 11.0 Å². The number of benzene rings is 1. The molecule has 1 aliphatic heterocycles. The molecule has 3 fully saturated rings. The number of rotatable bonds is 3. The molecule has 3 aliphatic carbocycles. The van der Waals surface area contributed by atoms with Crippen LogP contribution in [0.15, 0.2) is 23.8 Å². The molecule has 0 amide bonds. The number of fused-ring (bicyclic) bond motifs is 1. The molecule has 1 aromatic rings. The summed E-state index contributed by atoms with van der Waals surface area (Å²) in [5.41, 5.74) is 4.56. The minimum Gasteiger partial charge on any atom is -0.388 e. The van der Waals surface area contributed by atoms with Gasteiger partial charge in [-0.15, -0.1) is 0 Å². The number of likely N-dealkylation sites (tertiary alicyclic amines) is 1. The molecule has 5 rings (SSSR count). The summed E-state index contributed by atoms with van der Waals surface area (Å²) in [6.45, 7) is 1.84. The highest BCUT2D eigenvalue weighted by Gasteiger charge is 2.41. The van der Waals surface area contributed by atoms with Gasteiger partial charge in [0.2, 0.25) is 0 Å². The monoisotopic (exact) mass is 362 g/mol. The van der Waals surface area contributed by atoms with E-state index in [1.807, 2.05) is 18.2 Å². The molecular formula is C23H26N2O2. The van der Waals surface area contributed by atoms with Crippen molar-refractivity contribution < 1.29 is 9.90 Å². The summed E-state index contributed by atoms with van der Waals surface area (Å²) in [5.74, 6) is 0.295. The van der Waals surface area contributed by atoms with Crippen LogP contribution in [-0.4, -0.2) is 28.9 Å². The van der Waals surface area contributed by atoms with Crippen LogP contribution in [0.2, 0.25) is 0 Å². The van der Waals surface area contributed by atoms with Crippen molar-refractivity contribution in [3.05, 3.63) is 40.5 Å². The van der Waals surface area contributed by atoms with Crippen LogP contribution in [0.3, 0.4) is 0 Å². The first-order valence-electron chi connectivity index (χ1n) is 10.3. The van der Waals surface area contributed by atoms with Gasteiger partial charge in [0.1, 0.15) is 11.6 Å². The van der Waals surface area contributed by atoms with Gasteiger partial charge in [-0.1, -0.05) is 18.6 Å². The number of carbonyl (C=O) groups excluding carboxylic acids is 1. The largest absolute Gasteiger partial charge is 0.388 e. The molecule has 0 bridgehead atoms. The average Bonchev–Trinajstić information content (AvgIpc) is 3.50. The molecule has 2 saturated carbocycles. The number of piperidine rings is 1. The first kappa shape index (κ1) is 17.0. The molecule has 0 radical (unpaired) electrons. The van der Waals surface area contributed by atoms with Crippen LogP contribution in [0.5, 0.6) is 0 Å². The molecule has 4 heteroatoms. The summed E-state index contributed by atoms with van der Waals surface area (Å²) >= 11 is 0. The number of Topliss-reactive ketones (excluding diaryl/α,β-unsaturated/α-hetero) is 1. The van der Waals surface area contributed by atoms with Crippen LogP contribution in [0.1, 0.15) is 67.7 Å². The van der Waals surface area contributed by atoms with Crippen LogP contribution >= 0.6 is 0 Å². The topological polar surface area (TPSA) is 64.3 Å². The molecule has 1 heterocycles. The lowest BCUT2D eigenvalue weighted by molar-refractivity contribution is -0.114.